The molecule has 1 heterocycles. The van der Waals surface area contributed by atoms with Crippen LogP contribution in [0.3, 0.4) is 0 Å². The normalized spacial score (nSPS) is 18.8. The van der Waals surface area contributed by atoms with E-state index in [0.717, 1.165) is 44.2 Å². The van der Waals surface area contributed by atoms with Crippen molar-refractivity contribution >= 4 is 5.91 Å². The molecule has 1 aliphatic heterocycles. The number of carbonyl (C=O) groups excluding carboxylic acids is 1. The Labute approximate surface area is 103 Å². The molecular weight excluding hydrogens is 216 g/mol. The summed E-state index contributed by atoms with van der Waals surface area (Å²) in [6.07, 6.45) is 3.56. The average Bonchev–Trinajstić information content (AvgIpc) is 3.04. The van der Waals surface area contributed by atoms with Gasteiger partial charge in [-0.1, -0.05) is 0 Å². The maximum absolute atomic E-state index is 11.7. The first-order valence-electron chi connectivity index (χ1n) is 6.52. The highest BCUT2D eigenvalue weighted by atomic mass is 16.5. The second-order valence-electron chi connectivity index (χ2n) is 4.96. The van der Waals surface area contributed by atoms with E-state index in [9.17, 15) is 4.79 Å². The SMILES string of the molecule is CC(C(=O)NCCCOCC1CC1)=C1CNC1. The average molecular weight is 238 g/mol. The quantitative estimate of drug-likeness (QED) is 0.510. The maximum atomic E-state index is 11.7. The molecule has 1 amide bonds. The fraction of sp³-hybridized carbons (Fsp3) is 0.769. The van der Waals surface area contributed by atoms with Gasteiger partial charge < -0.3 is 15.4 Å². The topological polar surface area (TPSA) is 50.4 Å². The van der Waals surface area contributed by atoms with Gasteiger partial charge in [0.2, 0.25) is 5.91 Å². The molecule has 0 bridgehead atoms. The summed E-state index contributed by atoms with van der Waals surface area (Å²) in [5.74, 6) is 0.895. The number of hydrogen-bond acceptors (Lipinski definition) is 3. The Kier molecular flexibility index (Phi) is 4.57. The third kappa shape index (κ3) is 4.13. The minimum atomic E-state index is 0.0729. The van der Waals surface area contributed by atoms with E-state index >= 15 is 0 Å². The molecule has 4 nitrogen and oxygen atoms in total. The van der Waals surface area contributed by atoms with Gasteiger partial charge in [-0.3, -0.25) is 4.79 Å². The molecule has 2 fully saturated rings. The van der Waals surface area contributed by atoms with Crippen LogP contribution < -0.4 is 10.6 Å². The lowest BCUT2D eigenvalue weighted by Crippen LogP contribution is -2.37. The van der Waals surface area contributed by atoms with Crippen molar-refractivity contribution in [1.29, 1.82) is 0 Å². The highest BCUT2D eigenvalue weighted by Gasteiger charge is 2.20. The van der Waals surface area contributed by atoms with Crippen LogP contribution in [0.25, 0.3) is 0 Å². The van der Waals surface area contributed by atoms with E-state index in [1.165, 1.54) is 18.4 Å². The molecule has 1 saturated heterocycles. The molecule has 0 aromatic rings. The van der Waals surface area contributed by atoms with E-state index in [-0.39, 0.29) is 5.91 Å². The minimum Gasteiger partial charge on any atom is -0.381 e. The molecule has 4 heteroatoms. The number of hydrogen-bond donors (Lipinski definition) is 2. The van der Waals surface area contributed by atoms with Crippen LogP contribution >= 0.6 is 0 Å². The van der Waals surface area contributed by atoms with Crippen molar-refractivity contribution in [2.75, 3.05) is 32.8 Å². The van der Waals surface area contributed by atoms with Crippen LogP contribution in [0.2, 0.25) is 0 Å². The number of rotatable bonds is 7. The van der Waals surface area contributed by atoms with Crippen molar-refractivity contribution in [2.24, 2.45) is 5.92 Å². The van der Waals surface area contributed by atoms with Gasteiger partial charge in [0.05, 0.1) is 0 Å². The molecule has 0 aromatic heterocycles. The van der Waals surface area contributed by atoms with E-state index in [4.69, 9.17) is 4.74 Å². The van der Waals surface area contributed by atoms with Crippen molar-refractivity contribution in [1.82, 2.24) is 10.6 Å². The Balaban J connectivity index is 1.50. The predicted octanol–water partition coefficient (Wildman–Crippen LogP) is 0.839. The maximum Gasteiger partial charge on any atom is 0.246 e. The van der Waals surface area contributed by atoms with Crippen LogP contribution in [0.15, 0.2) is 11.1 Å². The largest absolute Gasteiger partial charge is 0.381 e. The molecule has 0 unspecified atom stereocenters. The van der Waals surface area contributed by atoms with Crippen LogP contribution in [0, 0.1) is 5.92 Å². The number of amides is 1. The molecule has 0 radical (unpaired) electrons. The molecule has 2 rings (SSSR count). The van der Waals surface area contributed by atoms with E-state index in [0.29, 0.717) is 6.54 Å². The van der Waals surface area contributed by atoms with Crippen LogP contribution in [0.5, 0.6) is 0 Å². The monoisotopic (exact) mass is 238 g/mol. The zero-order chi connectivity index (χ0) is 12.1. The van der Waals surface area contributed by atoms with Gasteiger partial charge in [-0.2, -0.15) is 0 Å². The van der Waals surface area contributed by atoms with E-state index in [2.05, 4.69) is 10.6 Å². The van der Waals surface area contributed by atoms with Gasteiger partial charge >= 0.3 is 0 Å². The first kappa shape index (κ1) is 12.6. The highest BCUT2D eigenvalue weighted by Crippen LogP contribution is 2.28. The lowest BCUT2D eigenvalue weighted by Gasteiger charge is -2.21. The summed E-state index contributed by atoms with van der Waals surface area (Å²) in [6.45, 7) is 6.00. The van der Waals surface area contributed by atoms with Gasteiger partial charge in [0, 0.05) is 38.4 Å². The van der Waals surface area contributed by atoms with Crippen molar-refractivity contribution in [2.45, 2.75) is 26.2 Å². The van der Waals surface area contributed by atoms with Crippen LogP contribution in [0.4, 0.5) is 0 Å². The van der Waals surface area contributed by atoms with E-state index < -0.39 is 0 Å². The fourth-order valence-electron chi connectivity index (χ4n) is 1.72. The van der Waals surface area contributed by atoms with Crippen molar-refractivity contribution < 1.29 is 9.53 Å². The molecule has 1 aliphatic carbocycles. The van der Waals surface area contributed by atoms with Gasteiger partial charge in [-0.05, 0) is 37.7 Å². The zero-order valence-electron chi connectivity index (χ0n) is 10.6. The van der Waals surface area contributed by atoms with Gasteiger partial charge in [-0.15, -0.1) is 0 Å². The Morgan fingerprint density at radius 2 is 2.24 bits per heavy atom. The van der Waals surface area contributed by atoms with E-state index in [1.807, 2.05) is 6.92 Å². The molecule has 2 aliphatic rings. The van der Waals surface area contributed by atoms with Crippen LogP contribution in [-0.4, -0.2) is 38.8 Å². The van der Waals surface area contributed by atoms with Gasteiger partial charge in [0.25, 0.3) is 0 Å². The first-order valence-corrected chi connectivity index (χ1v) is 6.52. The highest BCUT2D eigenvalue weighted by molar-refractivity contribution is 5.93. The fourth-order valence-corrected chi connectivity index (χ4v) is 1.72. The molecular formula is C13H22N2O2. The summed E-state index contributed by atoms with van der Waals surface area (Å²) in [5.41, 5.74) is 2.11. The minimum absolute atomic E-state index is 0.0729. The summed E-state index contributed by atoms with van der Waals surface area (Å²) < 4.78 is 5.51. The third-order valence-electron chi connectivity index (χ3n) is 3.35. The molecule has 17 heavy (non-hydrogen) atoms. The van der Waals surface area contributed by atoms with Gasteiger partial charge in [0.15, 0.2) is 0 Å². The Morgan fingerprint density at radius 3 is 2.82 bits per heavy atom. The molecule has 0 atom stereocenters. The van der Waals surface area contributed by atoms with Crippen LogP contribution in [0.1, 0.15) is 26.2 Å². The Morgan fingerprint density at radius 1 is 1.47 bits per heavy atom. The summed E-state index contributed by atoms with van der Waals surface area (Å²) in [5, 5.41) is 6.07. The number of ether oxygens (including phenoxy) is 1. The standard InChI is InChI=1S/C13H22N2O2/c1-10(12-7-14-8-12)13(16)15-5-2-6-17-9-11-3-4-11/h11,14H,2-9H2,1H3,(H,15,16). The second kappa shape index (κ2) is 6.17. The van der Waals surface area contributed by atoms with E-state index in [1.54, 1.807) is 0 Å². The van der Waals surface area contributed by atoms with Gasteiger partial charge in [-0.25, -0.2) is 0 Å². The smallest absolute Gasteiger partial charge is 0.246 e. The summed E-state index contributed by atoms with van der Waals surface area (Å²) in [4.78, 5) is 11.7. The molecule has 1 saturated carbocycles. The molecule has 96 valence electrons. The third-order valence-corrected chi connectivity index (χ3v) is 3.35. The molecule has 0 spiro atoms. The van der Waals surface area contributed by atoms with Crippen LogP contribution in [-0.2, 0) is 9.53 Å². The first-order chi connectivity index (χ1) is 8.27. The predicted molar refractivity (Wildman–Crippen MR) is 66.7 cm³/mol. The lowest BCUT2D eigenvalue weighted by molar-refractivity contribution is -0.117. The van der Waals surface area contributed by atoms with Crippen molar-refractivity contribution in [3.63, 3.8) is 0 Å². The summed E-state index contributed by atoms with van der Waals surface area (Å²) >= 11 is 0. The lowest BCUT2D eigenvalue weighted by atomic mass is 10.0. The summed E-state index contributed by atoms with van der Waals surface area (Å²) in [6, 6.07) is 0. The zero-order valence-corrected chi connectivity index (χ0v) is 10.6. The molecule has 2 N–H and O–H groups in total. The number of carbonyl (C=O) groups is 1. The van der Waals surface area contributed by atoms with Crippen molar-refractivity contribution in [3.8, 4) is 0 Å². The Hall–Kier alpha value is -0.870. The summed E-state index contributed by atoms with van der Waals surface area (Å²) in [7, 11) is 0. The second-order valence-corrected chi connectivity index (χ2v) is 4.96. The number of nitrogens with one attached hydrogen (secondary N) is 2. The molecule has 0 aromatic carbocycles. The van der Waals surface area contributed by atoms with Gasteiger partial charge in [0.1, 0.15) is 0 Å². The van der Waals surface area contributed by atoms with Crippen molar-refractivity contribution in [3.05, 3.63) is 11.1 Å². The Bertz CT molecular complexity index is 303.